The van der Waals surface area contributed by atoms with Crippen LogP contribution in [0.1, 0.15) is 36.6 Å². The van der Waals surface area contributed by atoms with E-state index in [1.165, 1.54) is 12.3 Å². The van der Waals surface area contributed by atoms with Crippen molar-refractivity contribution in [2.24, 2.45) is 0 Å². The number of ether oxygens (including phenoxy) is 2. The third-order valence-electron chi connectivity index (χ3n) is 7.29. The number of halogens is 1. The summed E-state index contributed by atoms with van der Waals surface area (Å²) in [5, 5.41) is 16.5. The molecule has 1 amide bonds. The predicted octanol–water partition coefficient (Wildman–Crippen LogP) is 5.85. The summed E-state index contributed by atoms with van der Waals surface area (Å²) in [7, 11) is -2.12. The van der Waals surface area contributed by atoms with Crippen LogP contribution in [0.2, 0.25) is 0 Å². The number of anilines is 3. The van der Waals surface area contributed by atoms with Crippen LogP contribution >= 0.6 is 11.6 Å². The number of amides is 1. The van der Waals surface area contributed by atoms with Gasteiger partial charge in [-0.1, -0.05) is 23.7 Å². The first-order chi connectivity index (χ1) is 22.5. The zero-order valence-electron chi connectivity index (χ0n) is 25.9. The number of nitrogens with zero attached hydrogens (tertiary/aromatic N) is 4. The number of fused-ring (bicyclic) bond motifs is 1. The molecule has 2 aromatic heterocycles. The van der Waals surface area contributed by atoms with Crippen molar-refractivity contribution < 1.29 is 26.9 Å². The van der Waals surface area contributed by atoms with Gasteiger partial charge < -0.3 is 24.3 Å². The van der Waals surface area contributed by atoms with E-state index >= 15 is 0 Å². The Morgan fingerprint density at radius 3 is 2.72 bits per heavy atom. The van der Waals surface area contributed by atoms with Crippen molar-refractivity contribution in [2.45, 2.75) is 31.4 Å². The predicted molar refractivity (Wildman–Crippen MR) is 179 cm³/mol. The molecule has 1 fully saturated rings. The fourth-order valence-electron chi connectivity index (χ4n) is 5.10. The van der Waals surface area contributed by atoms with Crippen molar-refractivity contribution in [3.8, 4) is 17.6 Å². The Kier molecular flexibility index (Phi) is 10.5. The highest BCUT2D eigenvalue weighted by Crippen LogP contribution is 2.37. The summed E-state index contributed by atoms with van der Waals surface area (Å²) < 4.78 is 41.0. The van der Waals surface area contributed by atoms with Gasteiger partial charge >= 0.3 is 10.1 Å². The molecule has 1 saturated heterocycles. The van der Waals surface area contributed by atoms with Gasteiger partial charge in [-0.05, 0) is 69.8 Å². The molecule has 2 N–H and O–H groups in total. The van der Waals surface area contributed by atoms with Gasteiger partial charge in [0.05, 0.1) is 41.0 Å². The number of carbonyl (C=O) groups excluding carboxylic acids is 1. The maximum absolute atomic E-state index is 13.5. The maximum Gasteiger partial charge on any atom is 0.306 e. The van der Waals surface area contributed by atoms with E-state index in [2.05, 4.69) is 26.7 Å². The Balaban J connectivity index is 1.50. The molecule has 4 aromatic rings. The number of aromatic nitrogens is 2. The Hall–Kier alpha value is -4.90. The van der Waals surface area contributed by atoms with Crippen LogP contribution in [0.5, 0.6) is 11.5 Å². The maximum atomic E-state index is 13.5. The fraction of sp³-hybridized carbons (Fsp3) is 0.273. The third kappa shape index (κ3) is 8.48. The smallest absolute Gasteiger partial charge is 0.306 e. The number of carbonyl (C=O) groups is 1. The normalized spacial score (nSPS) is 15.9. The molecule has 14 heteroatoms. The topological polar surface area (TPSA) is 156 Å². The standard InChI is InChI=1S/C33H33ClN6O6S/c1-4-44-29-18-27-25(17-28(29)39-33(41)30(46-47(3,42)43)16-23-10-8-14-40(23)2)31(21(19-35)20-37-27)38-22-9-7-11-24(15-22)45-32(34)26-12-5-6-13-36-26/h5-7,9,11-13,15-18,20,23,32H,4,8,10,14H2,1-3H3,(H,37,38)(H,39,41)/b30-16+/t23-,32?/m1/s1. The SMILES string of the molecule is CCOc1cc2ncc(C#N)c(Nc3cccc(OC(Cl)c4ccccn4)c3)c2cc1NC(=O)/C(=C\[C@H]1CCCN1C)OS(C)(=O)=O. The summed E-state index contributed by atoms with van der Waals surface area (Å²) >= 11 is 6.44. The van der Waals surface area contributed by atoms with Crippen LogP contribution in [-0.4, -0.2) is 61.7 Å². The number of hydrogen-bond acceptors (Lipinski definition) is 11. The Morgan fingerprint density at radius 1 is 1.21 bits per heavy atom. The van der Waals surface area contributed by atoms with E-state index in [-0.39, 0.29) is 29.7 Å². The van der Waals surface area contributed by atoms with Crippen molar-refractivity contribution in [1.82, 2.24) is 14.9 Å². The van der Waals surface area contributed by atoms with E-state index in [4.69, 9.17) is 25.3 Å². The molecule has 0 bridgehead atoms. The highest BCUT2D eigenvalue weighted by molar-refractivity contribution is 7.86. The van der Waals surface area contributed by atoms with Crippen molar-refractivity contribution in [2.75, 3.05) is 37.1 Å². The molecule has 0 spiro atoms. The summed E-state index contributed by atoms with van der Waals surface area (Å²) in [6, 6.07) is 17.6. The lowest BCUT2D eigenvalue weighted by Crippen LogP contribution is -2.26. The minimum absolute atomic E-state index is 0.170. The first-order valence-electron chi connectivity index (χ1n) is 14.8. The molecule has 0 saturated carbocycles. The van der Waals surface area contributed by atoms with Gasteiger partial charge in [0, 0.05) is 41.6 Å². The van der Waals surface area contributed by atoms with Crippen LogP contribution in [0, 0.1) is 11.3 Å². The number of hydrogen-bond donors (Lipinski definition) is 2. The molecule has 1 aliphatic heterocycles. The van der Waals surface area contributed by atoms with Gasteiger partial charge in [0.2, 0.25) is 11.3 Å². The second-order valence-corrected chi connectivity index (χ2v) is 12.7. The zero-order valence-corrected chi connectivity index (χ0v) is 27.5. The summed E-state index contributed by atoms with van der Waals surface area (Å²) in [4.78, 5) is 24.2. The van der Waals surface area contributed by atoms with Crippen molar-refractivity contribution in [3.05, 3.63) is 90.1 Å². The second-order valence-electron chi connectivity index (χ2n) is 10.8. The minimum atomic E-state index is -4.01. The van der Waals surface area contributed by atoms with E-state index in [0.29, 0.717) is 39.5 Å². The lowest BCUT2D eigenvalue weighted by molar-refractivity contribution is -0.114. The lowest BCUT2D eigenvalue weighted by atomic mass is 10.1. The summed E-state index contributed by atoms with van der Waals surface area (Å²) in [6.45, 7) is 2.87. The van der Waals surface area contributed by atoms with Gasteiger partial charge in [-0.15, -0.1) is 0 Å². The Bertz CT molecular complexity index is 1950. The van der Waals surface area contributed by atoms with Crippen molar-refractivity contribution in [3.63, 3.8) is 0 Å². The monoisotopic (exact) mass is 676 g/mol. The number of nitriles is 1. The van der Waals surface area contributed by atoms with Gasteiger partial charge in [-0.25, -0.2) is 0 Å². The van der Waals surface area contributed by atoms with Gasteiger partial charge in [0.15, 0.2) is 0 Å². The average molecular weight is 677 g/mol. The molecule has 1 unspecified atom stereocenters. The molecule has 3 heterocycles. The molecule has 1 aliphatic rings. The van der Waals surface area contributed by atoms with Crippen molar-refractivity contribution in [1.29, 1.82) is 5.26 Å². The van der Waals surface area contributed by atoms with E-state index < -0.39 is 21.6 Å². The number of rotatable bonds is 12. The van der Waals surface area contributed by atoms with E-state index in [9.17, 15) is 18.5 Å². The Labute approximate surface area is 278 Å². The molecule has 5 rings (SSSR count). The molecule has 2 aromatic carbocycles. The number of alkyl halides is 1. The molecule has 12 nitrogen and oxygen atoms in total. The van der Waals surface area contributed by atoms with E-state index in [1.807, 2.05) is 18.0 Å². The number of likely N-dealkylation sites (N-methyl/N-ethyl adjacent to an activating group) is 1. The van der Waals surface area contributed by atoms with Crippen LogP contribution in [0.3, 0.4) is 0 Å². The van der Waals surface area contributed by atoms with Gasteiger partial charge in [0.25, 0.3) is 5.91 Å². The van der Waals surface area contributed by atoms with E-state index in [1.54, 1.807) is 61.7 Å². The highest BCUT2D eigenvalue weighted by Gasteiger charge is 2.25. The van der Waals surface area contributed by atoms with Crippen LogP contribution in [-0.2, 0) is 19.1 Å². The highest BCUT2D eigenvalue weighted by atomic mass is 35.5. The largest absolute Gasteiger partial charge is 0.492 e. The molecule has 2 atom stereocenters. The number of nitrogens with one attached hydrogen (secondary N) is 2. The van der Waals surface area contributed by atoms with Gasteiger partial charge in [0.1, 0.15) is 17.6 Å². The zero-order chi connectivity index (χ0) is 33.6. The first-order valence-corrected chi connectivity index (χ1v) is 17.0. The van der Waals surface area contributed by atoms with Gasteiger partial charge in [-0.3, -0.25) is 19.7 Å². The lowest BCUT2D eigenvalue weighted by Gasteiger charge is -2.19. The first kappa shape index (κ1) is 33.5. The molecule has 0 radical (unpaired) electrons. The van der Waals surface area contributed by atoms with Crippen LogP contribution in [0.4, 0.5) is 17.1 Å². The Morgan fingerprint density at radius 2 is 2.04 bits per heavy atom. The summed E-state index contributed by atoms with van der Waals surface area (Å²) in [5.41, 5.74) is 1.66. The molecule has 0 aliphatic carbocycles. The molecular formula is C33H33ClN6O6S. The third-order valence-corrected chi connectivity index (χ3v) is 8.08. The van der Waals surface area contributed by atoms with Crippen molar-refractivity contribution >= 4 is 55.6 Å². The van der Waals surface area contributed by atoms with Crippen LogP contribution in [0.25, 0.3) is 10.9 Å². The number of benzene rings is 2. The number of likely N-dealkylation sites (tertiary alicyclic amines) is 1. The quantitative estimate of drug-likeness (QED) is 0.0803. The fourth-order valence-corrected chi connectivity index (χ4v) is 5.79. The minimum Gasteiger partial charge on any atom is -0.492 e. The summed E-state index contributed by atoms with van der Waals surface area (Å²) in [6.07, 6.45) is 7.11. The van der Waals surface area contributed by atoms with Gasteiger partial charge in [-0.2, -0.15) is 13.7 Å². The van der Waals surface area contributed by atoms with E-state index in [0.717, 1.165) is 25.6 Å². The van der Waals surface area contributed by atoms with Crippen LogP contribution in [0.15, 0.2) is 78.8 Å². The second kappa shape index (κ2) is 14.7. The van der Waals surface area contributed by atoms with Crippen LogP contribution < -0.4 is 20.1 Å². The average Bonchev–Trinajstić information content (AvgIpc) is 3.45. The molecular weight excluding hydrogens is 644 g/mol. The summed E-state index contributed by atoms with van der Waals surface area (Å²) in [5.74, 6) is -0.368. The molecule has 47 heavy (non-hydrogen) atoms. The molecule has 244 valence electrons. The number of pyridine rings is 2.